The number of benzene rings is 2. The lowest BCUT2D eigenvalue weighted by atomic mass is 9.91. The predicted octanol–water partition coefficient (Wildman–Crippen LogP) is 3.43. The molecule has 1 atom stereocenters. The van der Waals surface area contributed by atoms with E-state index in [1.165, 1.54) is 4.90 Å². The molecule has 0 bridgehead atoms. The van der Waals surface area contributed by atoms with E-state index in [0.717, 1.165) is 16.7 Å². The molecule has 34 heavy (non-hydrogen) atoms. The van der Waals surface area contributed by atoms with Crippen LogP contribution in [-0.4, -0.2) is 45.1 Å². The first kappa shape index (κ1) is 24.7. The van der Waals surface area contributed by atoms with Crippen LogP contribution in [0.4, 0.5) is 0 Å². The van der Waals surface area contributed by atoms with Gasteiger partial charge in [-0.1, -0.05) is 61.5 Å². The third kappa shape index (κ3) is 5.51. The summed E-state index contributed by atoms with van der Waals surface area (Å²) in [6, 6.07) is 16.6. The molecule has 8 heteroatoms. The van der Waals surface area contributed by atoms with Crippen molar-refractivity contribution in [2.45, 2.75) is 45.7 Å². The zero-order valence-corrected chi connectivity index (χ0v) is 19.5. The molecule has 0 radical (unpaired) electrons. The van der Waals surface area contributed by atoms with E-state index in [4.69, 9.17) is 16.2 Å². The Hall–Kier alpha value is -3.94. The Morgan fingerprint density at radius 1 is 1.15 bits per heavy atom. The van der Waals surface area contributed by atoms with Crippen LogP contribution in [0.25, 0.3) is 0 Å². The number of nitrogens with zero attached hydrogens (tertiary/aromatic N) is 2. The number of carboxylic acid groups (broad SMARTS) is 1. The number of carboxylic acids is 1. The molecule has 0 aromatic heterocycles. The number of nitrogens with one attached hydrogen (secondary N) is 1. The van der Waals surface area contributed by atoms with Gasteiger partial charge in [0.05, 0.1) is 6.04 Å². The smallest absolute Gasteiger partial charge is 0.312 e. The number of amidine groups is 1. The number of rotatable bonds is 9. The minimum absolute atomic E-state index is 0.0317. The van der Waals surface area contributed by atoms with E-state index in [-0.39, 0.29) is 30.0 Å². The lowest BCUT2D eigenvalue weighted by Crippen LogP contribution is -2.46. The monoisotopic (exact) mass is 462 g/mol. The van der Waals surface area contributed by atoms with Crippen LogP contribution in [0.2, 0.25) is 0 Å². The Balaban J connectivity index is 2.02. The van der Waals surface area contributed by atoms with Crippen LogP contribution >= 0.6 is 0 Å². The molecule has 8 nitrogen and oxygen atoms in total. The highest BCUT2D eigenvalue weighted by Gasteiger charge is 2.38. The average Bonchev–Trinajstić information content (AvgIpc) is 2.80. The van der Waals surface area contributed by atoms with Crippen molar-refractivity contribution in [1.29, 1.82) is 5.41 Å². The van der Waals surface area contributed by atoms with Gasteiger partial charge in [0.25, 0.3) is 5.91 Å². The fourth-order valence-electron chi connectivity index (χ4n) is 4.25. The quantitative estimate of drug-likeness (QED) is 0.299. The fraction of sp³-hybridized carbons (Fsp3) is 0.308. The van der Waals surface area contributed by atoms with Crippen molar-refractivity contribution in [1.82, 2.24) is 9.80 Å². The van der Waals surface area contributed by atoms with Gasteiger partial charge in [0.15, 0.2) is 0 Å². The van der Waals surface area contributed by atoms with E-state index >= 15 is 0 Å². The highest BCUT2D eigenvalue weighted by molar-refractivity contribution is 6.02. The average molecular weight is 463 g/mol. The Labute approximate surface area is 199 Å². The minimum atomic E-state index is -1.22. The van der Waals surface area contributed by atoms with Crippen molar-refractivity contribution < 1.29 is 19.5 Å². The Bertz CT molecular complexity index is 1110. The largest absolute Gasteiger partial charge is 0.481 e. The summed E-state index contributed by atoms with van der Waals surface area (Å²) in [6.07, 6.45) is 0.444. The topological polar surface area (TPSA) is 128 Å². The molecule has 1 heterocycles. The van der Waals surface area contributed by atoms with Gasteiger partial charge >= 0.3 is 5.97 Å². The van der Waals surface area contributed by atoms with Crippen LogP contribution in [0.5, 0.6) is 0 Å². The molecular weight excluding hydrogens is 432 g/mol. The lowest BCUT2D eigenvalue weighted by Gasteiger charge is -2.40. The van der Waals surface area contributed by atoms with Crippen LogP contribution < -0.4 is 5.73 Å². The van der Waals surface area contributed by atoms with E-state index in [2.05, 4.69) is 0 Å². The first-order valence-electron chi connectivity index (χ1n) is 11.2. The molecule has 0 spiro atoms. The van der Waals surface area contributed by atoms with Gasteiger partial charge in [-0.3, -0.25) is 19.8 Å². The number of amides is 2. The molecule has 0 saturated carbocycles. The van der Waals surface area contributed by atoms with Crippen molar-refractivity contribution in [3.8, 4) is 0 Å². The molecule has 1 unspecified atom stereocenters. The van der Waals surface area contributed by atoms with Gasteiger partial charge in [-0.25, -0.2) is 0 Å². The molecule has 2 aromatic carbocycles. The third-order valence-corrected chi connectivity index (χ3v) is 5.87. The summed E-state index contributed by atoms with van der Waals surface area (Å²) in [6.45, 7) is 4.27. The Morgan fingerprint density at radius 3 is 2.35 bits per heavy atom. The summed E-state index contributed by atoms with van der Waals surface area (Å²) in [5.41, 5.74) is 9.02. The zero-order valence-electron chi connectivity index (χ0n) is 19.5. The van der Waals surface area contributed by atoms with Gasteiger partial charge in [0.1, 0.15) is 18.0 Å². The molecular formula is C26H30N4O4. The van der Waals surface area contributed by atoms with Crippen molar-refractivity contribution >= 4 is 23.6 Å². The summed E-state index contributed by atoms with van der Waals surface area (Å²) in [5, 5.41) is 16.7. The molecule has 1 aliphatic heterocycles. The molecule has 3 rings (SSSR count). The summed E-state index contributed by atoms with van der Waals surface area (Å²) < 4.78 is 0. The van der Waals surface area contributed by atoms with Crippen molar-refractivity contribution in [3.05, 3.63) is 82.6 Å². The highest BCUT2D eigenvalue weighted by Crippen LogP contribution is 2.37. The normalized spacial score (nSPS) is 15.9. The van der Waals surface area contributed by atoms with Crippen LogP contribution in [0, 0.1) is 5.41 Å². The summed E-state index contributed by atoms with van der Waals surface area (Å²) in [5.74, 6) is -2.16. The van der Waals surface area contributed by atoms with Gasteiger partial charge in [-0.05, 0) is 36.5 Å². The number of carbonyl (C=O) groups is 3. The molecule has 178 valence electrons. The number of aliphatic carboxylic acids is 1. The molecule has 4 N–H and O–H groups in total. The SMILES string of the molecule is CCCN(C(=O)CC(=O)O)C1=C(C)CC(c2ccccc2)N(Cc2ccc(C(=N)N)cc2)C1=O. The lowest BCUT2D eigenvalue weighted by molar-refractivity contribution is -0.146. The summed E-state index contributed by atoms with van der Waals surface area (Å²) >= 11 is 0. The Kier molecular flexibility index (Phi) is 7.83. The second kappa shape index (κ2) is 10.8. The minimum Gasteiger partial charge on any atom is -0.481 e. The second-order valence-corrected chi connectivity index (χ2v) is 8.42. The van der Waals surface area contributed by atoms with Crippen molar-refractivity contribution in [2.75, 3.05) is 6.54 Å². The number of carbonyl (C=O) groups excluding carboxylic acids is 2. The highest BCUT2D eigenvalue weighted by atomic mass is 16.4. The summed E-state index contributed by atoms with van der Waals surface area (Å²) in [7, 11) is 0. The molecule has 0 saturated heterocycles. The Morgan fingerprint density at radius 2 is 1.79 bits per heavy atom. The maximum atomic E-state index is 13.9. The van der Waals surface area contributed by atoms with E-state index < -0.39 is 18.3 Å². The van der Waals surface area contributed by atoms with Crippen molar-refractivity contribution in [3.63, 3.8) is 0 Å². The standard InChI is InChI=1S/C26H30N4O4/c1-3-13-29(22(31)15-23(32)33)24-17(2)14-21(19-7-5-4-6-8-19)30(26(24)34)16-18-9-11-20(12-10-18)25(27)28/h4-12,21H,3,13-16H2,1-2H3,(H3,27,28)(H,32,33). The molecule has 2 amide bonds. The van der Waals surface area contributed by atoms with Gasteiger partial charge in [0, 0.05) is 18.7 Å². The van der Waals surface area contributed by atoms with Crippen LogP contribution in [0.3, 0.4) is 0 Å². The number of hydrogen-bond acceptors (Lipinski definition) is 4. The van der Waals surface area contributed by atoms with Crippen LogP contribution in [-0.2, 0) is 20.9 Å². The molecule has 1 aliphatic rings. The zero-order chi connectivity index (χ0) is 24.8. The van der Waals surface area contributed by atoms with E-state index in [1.54, 1.807) is 17.0 Å². The van der Waals surface area contributed by atoms with E-state index in [0.29, 0.717) is 24.9 Å². The predicted molar refractivity (Wildman–Crippen MR) is 129 cm³/mol. The number of hydrogen-bond donors (Lipinski definition) is 3. The van der Waals surface area contributed by atoms with E-state index in [9.17, 15) is 14.4 Å². The molecule has 0 fully saturated rings. The maximum Gasteiger partial charge on any atom is 0.312 e. The second-order valence-electron chi connectivity index (χ2n) is 8.42. The van der Waals surface area contributed by atoms with E-state index in [1.807, 2.05) is 56.3 Å². The summed E-state index contributed by atoms with van der Waals surface area (Å²) in [4.78, 5) is 40.9. The fourth-order valence-corrected chi connectivity index (χ4v) is 4.25. The van der Waals surface area contributed by atoms with Crippen LogP contribution in [0.1, 0.15) is 55.8 Å². The van der Waals surface area contributed by atoms with Gasteiger partial charge in [0.2, 0.25) is 5.91 Å². The maximum absolute atomic E-state index is 13.9. The first-order valence-corrected chi connectivity index (χ1v) is 11.2. The van der Waals surface area contributed by atoms with Crippen molar-refractivity contribution in [2.24, 2.45) is 5.73 Å². The first-order chi connectivity index (χ1) is 16.2. The van der Waals surface area contributed by atoms with Gasteiger partial charge in [-0.15, -0.1) is 0 Å². The van der Waals surface area contributed by atoms with Gasteiger partial charge < -0.3 is 20.6 Å². The van der Waals surface area contributed by atoms with Gasteiger partial charge in [-0.2, -0.15) is 0 Å². The number of nitrogen functional groups attached to an aromatic ring is 1. The third-order valence-electron chi connectivity index (χ3n) is 5.87. The number of nitrogens with two attached hydrogens (primary N) is 1. The molecule has 0 aliphatic carbocycles. The molecule has 2 aromatic rings. The van der Waals surface area contributed by atoms with Crippen LogP contribution in [0.15, 0.2) is 65.9 Å².